The van der Waals surface area contributed by atoms with Crippen LogP contribution in [0.5, 0.6) is 23.0 Å². The lowest BCUT2D eigenvalue weighted by Crippen LogP contribution is -2.22. The lowest BCUT2D eigenvalue weighted by atomic mass is 10.2. The number of hydrogen-bond donors (Lipinski definition) is 1. The van der Waals surface area contributed by atoms with Gasteiger partial charge in [0.2, 0.25) is 0 Å². The molecule has 0 aliphatic rings. The first-order valence-electron chi connectivity index (χ1n) is 10.1. The summed E-state index contributed by atoms with van der Waals surface area (Å²) in [5.41, 5.74) is 2.10. The van der Waals surface area contributed by atoms with Crippen LogP contribution in [0.15, 0.2) is 33.2 Å². The molecule has 2 aromatic rings. The van der Waals surface area contributed by atoms with Gasteiger partial charge in [-0.25, -0.2) is 0 Å². The quantitative estimate of drug-likeness (QED) is 0.135. The number of hydrogen-bond acceptors (Lipinski definition) is 5. The molecule has 0 spiro atoms. The van der Waals surface area contributed by atoms with E-state index in [0.717, 1.165) is 38.5 Å². The maximum Gasteiger partial charge on any atom is 0.189 e. The highest BCUT2D eigenvalue weighted by atomic mass is 79.9. The summed E-state index contributed by atoms with van der Waals surface area (Å²) in [6.45, 7) is 11.9. The number of alkyl halides is 2. The van der Waals surface area contributed by atoms with Crippen LogP contribution in [0.4, 0.5) is 0 Å². The minimum Gasteiger partial charge on any atom is -0.504 e. The van der Waals surface area contributed by atoms with Gasteiger partial charge in [-0.05, 0) is 55.3 Å². The average Bonchev–Trinajstić information content (AvgIpc) is 2.73. The Morgan fingerprint density at radius 3 is 1.82 bits per heavy atom. The fraction of sp³-hybridized carbons (Fsp3) is 0.478. The van der Waals surface area contributed by atoms with Crippen molar-refractivity contribution in [3.05, 3.63) is 44.3 Å². The Kier molecular flexibility index (Phi) is 16.6. The number of aromatic hydroxyl groups is 1. The second-order valence-corrected chi connectivity index (χ2v) is 16.2. The van der Waals surface area contributed by atoms with Gasteiger partial charge in [0.1, 0.15) is 0 Å². The van der Waals surface area contributed by atoms with Crippen molar-refractivity contribution in [1.82, 2.24) is 0 Å². The van der Waals surface area contributed by atoms with Gasteiger partial charge in [0.25, 0.3) is 0 Å². The molecule has 5 nitrogen and oxygen atoms in total. The summed E-state index contributed by atoms with van der Waals surface area (Å²) in [4.78, 5) is 0. The third kappa shape index (κ3) is 13.7. The van der Waals surface area contributed by atoms with Crippen LogP contribution in [-0.2, 0) is 4.74 Å². The van der Waals surface area contributed by atoms with Crippen molar-refractivity contribution in [3.8, 4) is 23.0 Å². The summed E-state index contributed by atoms with van der Waals surface area (Å²) in [5, 5.41) is 9.46. The molecule has 2 rings (SSSR count). The summed E-state index contributed by atoms with van der Waals surface area (Å²) < 4.78 is 23.3. The van der Waals surface area contributed by atoms with Gasteiger partial charge in [-0.1, -0.05) is 51.5 Å². The van der Waals surface area contributed by atoms with Crippen LogP contribution in [0.25, 0.3) is 0 Å². The lowest BCUT2D eigenvalue weighted by Gasteiger charge is -2.16. The highest BCUT2D eigenvalue weighted by Gasteiger charge is 2.12. The molecule has 0 heterocycles. The van der Waals surface area contributed by atoms with Crippen molar-refractivity contribution in [2.45, 2.75) is 39.5 Å². The van der Waals surface area contributed by atoms with E-state index in [0.29, 0.717) is 11.5 Å². The number of benzene rings is 2. The average molecular weight is 649 g/mol. The van der Waals surface area contributed by atoms with E-state index in [9.17, 15) is 5.11 Å². The Hall–Kier alpha value is -0.643. The normalized spacial score (nSPS) is 10.4. The molecule has 0 aromatic heterocycles. The number of phenolic OH excluding ortho intramolecular Hbond substituents is 1. The number of ether oxygens (including phenoxy) is 4. The molecular formula is C23H34Br2Cl2O5Si. The van der Waals surface area contributed by atoms with Crippen molar-refractivity contribution < 1.29 is 24.1 Å². The van der Waals surface area contributed by atoms with Gasteiger partial charge < -0.3 is 24.1 Å². The van der Waals surface area contributed by atoms with Crippen LogP contribution in [0.2, 0.25) is 25.7 Å². The molecule has 0 unspecified atom stereocenters. The first kappa shape index (κ1) is 32.4. The highest BCUT2D eigenvalue weighted by Crippen LogP contribution is 2.33. The first-order valence-corrected chi connectivity index (χ1v) is 16.5. The number of methoxy groups -OCH3 is 2. The predicted molar refractivity (Wildman–Crippen MR) is 149 cm³/mol. The molecule has 0 fully saturated rings. The molecule has 188 valence electrons. The Morgan fingerprint density at radius 2 is 1.33 bits per heavy atom. The Labute approximate surface area is 225 Å². The molecule has 0 saturated heterocycles. The van der Waals surface area contributed by atoms with Gasteiger partial charge in [0.05, 0.1) is 19.6 Å². The van der Waals surface area contributed by atoms with Gasteiger partial charge in [-0.2, -0.15) is 0 Å². The number of phenols is 1. The molecule has 0 aliphatic carbocycles. The molecule has 0 saturated carbocycles. The van der Waals surface area contributed by atoms with Crippen LogP contribution in [0, 0.1) is 13.8 Å². The summed E-state index contributed by atoms with van der Waals surface area (Å²) in [6.07, 6.45) is 0. The topological polar surface area (TPSA) is 57.2 Å². The maximum absolute atomic E-state index is 9.27. The summed E-state index contributed by atoms with van der Waals surface area (Å²) >= 11 is 16.3. The van der Waals surface area contributed by atoms with E-state index < -0.39 is 8.07 Å². The zero-order valence-electron chi connectivity index (χ0n) is 20.2. The fourth-order valence-corrected chi connectivity index (χ4v) is 3.66. The summed E-state index contributed by atoms with van der Waals surface area (Å²) in [7, 11) is 2.13. The molecule has 0 bridgehead atoms. The van der Waals surface area contributed by atoms with Crippen molar-refractivity contribution in [2.24, 2.45) is 0 Å². The number of aryl methyl sites for hydroxylation is 2. The first-order chi connectivity index (χ1) is 15.4. The van der Waals surface area contributed by atoms with Gasteiger partial charge in [0.15, 0.2) is 29.8 Å². The van der Waals surface area contributed by atoms with Crippen LogP contribution >= 0.6 is 55.1 Å². The third-order valence-electron chi connectivity index (χ3n) is 4.20. The molecule has 1 N–H and O–H groups in total. The minimum absolute atomic E-state index is 0.174. The van der Waals surface area contributed by atoms with E-state index in [1.165, 1.54) is 7.11 Å². The van der Waals surface area contributed by atoms with E-state index in [4.69, 9.17) is 42.1 Å². The van der Waals surface area contributed by atoms with E-state index in [1.807, 2.05) is 26.0 Å². The zero-order valence-corrected chi connectivity index (χ0v) is 25.9. The Bertz CT molecular complexity index is 849. The molecule has 0 radical (unpaired) electrons. The molecular weight excluding hydrogens is 615 g/mol. The smallest absolute Gasteiger partial charge is 0.189 e. The van der Waals surface area contributed by atoms with Crippen molar-refractivity contribution >= 4 is 63.1 Å². The van der Waals surface area contributed by atoms with Gasteiger partial charge >= 0.3 is 0 Å². The van der Waals surface area contributed by atoms with Crippen LogP contribution in [0.3, 0.4) is 0 Å². The second-order valence-electron chi connectivity index (χ2n) is 8.11. The van der Waals surface area contributed by atoms with Crippen LogP contribution < -0.4 is 14.2 Å². The Balaban J connectivity index is 0.000000616. The fourth-order valence-electron chi connectivity index (χ4n) is 2.26. The van der Waals surface area contributed by atoms with E-state index in [2.05, 4.69) is 51.5 Å². The van der Waals surface area contributed by atoms with Crippen molar-refractivity contribution in [3.63, 3.8) is 0 Å². The van der Waals surface area contributed by atoms with Crippen LogP contribution in [0.1, 0.15) is 11.1 Å². The van der Waals surface area contributed by atoms with Gasteiger partial charge in [-0.3, -0.25) is 0 Å². The monoisotopic (exact) mass is 646 g/mol. The molecule has 0 atom stereocenters. The van der Waals surface area contributed by atoms with E-state index in [1.54, 1.807) is 19.2 Å². The molecule has 0 amide bonds. The van der Waals surface area contributed by atoms with E-state index in [-0.39, 0.29) is 17.9 Å². The Morgan fingerprint density at radius 1 is 0.848 bits per heavy atom. The second kappa shape index (κ2) is 16.9. The van der Waals surface area contributed by atoms with Crippen molar-refractivity contribution in [1.29, 1.82) is 0 Å². The summed E-state index contributed by atoms with van der Waals surface area (Å²) in [6, 6.07) is 8.40. The van der Waals surface area contributed by atoms with Crippen molar-refractivity contribution in [2.75, 3.05) is 33.0 Å². The van der Waals surface area contributed by atoms with Crippen LogP contribution in [-0.4, -0.2) is 46.1 Å². The largest absolute Gasteiger partial charge is 0.504 e. The lowest BCUT2D eigenvalue weighted by molar-refractivity contribution is 0.0205. The van der Waals surface area contributed by atoms with Gasteiger partial charge in [-0.15, -0.1) is 23.2 Å². The van der Waals surface area contributed by atoms with Gasteiger partial charge in [0, 0.05) is 23.6 Å². The number of rotatable bonds is 8. The molecule has 33 heavy (non-hydrogen) atoms. The molecule has 0 aliphatic heterocycles. The molecule has 10 heteroatoms. The minimum atomic E-state index is -1.03. The standard InChI is InChI=1S/C14H23BrO3Si.C8H9BrO2.CH2Cl2/c1-11-8-14(13(16-2)9-12(11)15)18-10-17-6-7-19(3,4)5;1-5-3-7(10)8(11-2)4-6(5)9;2-1-3/h8-9H,6-7,10H2,1-5H3;3-4,10H,1-2H3;1H2. The zero-order chi connectivity index (χ0) is 25.6. The number of halogens is 4. The summed E-state index contributed by atoms with van der Waals surface area (Å²) in [5.74, 6) is 2.10. The SMILES string of the molecule is COc1cc(Br)c(C)cc1O.COc1cc(Br)c(C)cc1OCOCC[Si](C)(C)C.ClCCl. The van der Waals surface area contributed by atoms with E-state index >= 15 is 0 Å². The highest BCUT2D eigenvalue weighted by molar-refractivity contribution is 9.10. The predicted octanol–water partition coefficient (Wildman–Crippen LogP) is 8.35. The maximum atomic E-state index is 9.27. The molecule has 2 aromatic carbocycles. The third-order valence-corrected chi connectivity index (χ3v) is 7.61.